The van der Waals surface area contributed by atoms with Crippen LogP contribution in [-0.4, -0.2) is 38.4 Å². The molecule has 0 saturated carbocycles. The monoisotopic (exact) mass is 389 g/mol. The van der Waals surface area contributed by atoms with E-state index in [1.807, 2.05) is 0 Å². The number of alkyl halides is 3. The summed E-state index contributed by atoms with van der Waals surface area (Å²) in [6.45, 7) is 1.61. The van der Waals surface area contributed by atoms with Gasteiger partial charge in [0.15, 0.2) is 0 Å². The lowest BCUT2D eigenvalue weighted by atomic mass is 10.0. The highest BCUT2D eigenvalue weighted by atomic mass is 19.4. The predicted octanol–water partition coefficient (Wildman–Crippen LogP) is 3.98. The smallest absolute Gasteiger partial charge is 0.378 e. The lowest BCUT2D eigenvalue weighted by Gasteiger charge is -2.31. The molecule has 0 bridgehead atoms. The molecular formula is C20H18F3N3O2. The summed E-state index contributed by atoms with van der Waals surface area (Å²) in [5, 5.41) is 2.74. The molecule has 8 heteroatoms. The quantitative estimate of drug-likeness (QED) is 0.808. The molecule has 2 aliphatic rings. The molecule has 28 heavy (non-hydrogen) atoms. The van der Waals surface area contributed by atoms with Gasteiger partial charge in [-0.3, -0.25) is 9.79 Å². The number of nitrogens with one attached hydrogen (secondary N) is 1. The first kappa shape index (κ1) is 18.5. The van der Waals surface area contributed by atoms with Crippen molar-refractivity contribution in [2.75, 3.05) is 36.5 Å². The third-order valence-corrected chi connectivity index (χ3v) is 4.85. The third kappa shape index (κ3) is 3.60. The standard InChI is InChI=1S/C20H18F3N3O2/c21-20(22,23)16-11-13(5-6-18(16)26-7-9-28-10-8-26)24-12-15-14-3-1-2-4-17(14)25-19(15)27/h1-6,11-12,15H,7-10H2,(H,25,27). The van der Waals surface area contributed by atoms with Crippen LogP contribution in [0, 0.1) is 0 Å². The molecule has 0 aliphatic carbocycles. The number of fused-ring (bicyclic) bond motifs is 1. The average molecular weight is 389 g/mol. The number of amides is 1. The number of ether oxygens (including phenoxy) is 1. The van der Waals surface area contributed by atoms with Crippen LogP contribution in [0.2, 0.25) is 0 Å². The minimum Gasteiger partial charge on any atom is -0.378 e. The summed E-state index contributed by atoms with van der Waals surface area (Å²) in [6, 6.07) is 11.2. The first-order valence-electron chi connectivity index (χ1n) is 8.91. The lowest BCUT2D eigenvalue weighted by molar-refractivity contribution is -0.137. The molecule has 2 aliphatic heterocycles. The van der Waals surface area contributed by atoms with Crippen LogP contribution in [0.15, 0.2) is 47.5 Å². The van der Waals surface area contributed by atoms with Crippen molar-refractivity contribution in [3.63, 3.8) is 0 Å². The Morgan fingerprint density at radius 1 is 1.14 bits per heavy atom. The zero-order valence-electron chi connectivity index (χ0n) is 14.9. The molecule has 1 amide bonds. The number of anilines is 2. The van der Waals surface area contributed by atoms with E-state index in [0.717, 1.165) is 11.6 Å². The van der Waals surface area contributed by atoms with Crippen LogP contribution in [0.4, 0.5) is 30.2 Å². The van der Waals surface area contributed by atoms with Crippen LogP contribution in [0.5, 0.6) is 0 Å². The van der Waals surface area contributed by atoms with Crippen molar-refractivity contribution >= 4 is 29.2 Å². The van der Waals surface area contributed by atoms with E-state index in [1.165, 1.54) is 18.3 Å². The minimum absolute atomic E-state index is 0.124. The van der Waals surface area contributed by atoms with E-state index in [-0.39, 0.29) is 17.3 Å². The molecule has 0 spiro atoms. The van der Waals surface area contributed by atoms with E-state index in [2.05, 4.69) is 10.3 Å². The summed E-state index contributed by atoms with van der Waals surface area (Å²) < 4.78 is 46.0. The van der Waals surface area contributed by atoms with E-state index in [9.17, 15) is 18.0 Å². The molecule has 1 atom stereocenters. The summed E-state index contributed by atoms with van der Waals surface area (Å²) in [5.74, 6) is -0.865. The molecule has 4 rings (SSSR count). The Balaban J connectivity index is 1.64. The molecule has 146 valence electrons. The second-order valence-electron chi connectivity index (χ2n) is 6.63. The van der Waals surface area contributed by atoms with Gasteiger partial charge in [0.1, 0.15) is 5.92 Å². The van der Waals surface area contributed by atoms with E-state index in [4.69, 9.17) is 4.74 Å². The van der Waals surface area contributed by atoms with Crippen LogP contribution in [0.25, 0.3) is 0 Å². The number of carbonyl (C=O) groups is 1. The molecule has 2 heterocycles. The van der Waals surface area contributed by atoms with Crippen molar-refractivity contribution < 1.29 is 22.7 Å². The van der Waals surface area contributed by atoms with E-state index >= 15 is 0 Å². The summed E-state index contributed by atoms with van der Waals surface area (Å²) >= 11 is 0. The van der Waals surface area contributed by atoms with Gasteiger partial charge >= 0.3 is 6.18 Å². The Hall–Kier alpha value is -2.87. The first-order valence-corrected chi connectivity index (χ1v) is 8.91. The van der Waals surface area contributed by atoms with Crippen LogP contribution in [-0.2, 0) is 15.7 Å². The molecule has 1 fully saturated rings. The molecule has 1 saturated heterocycles. The van der Waals surface area contributed by atoms with Gasteiger partial charge in [0.05, 0.1) is 24.5 Å². The van der Waals surface area contributed by atoms with Crippen LogP contribution < -0.4 is 10.2 Å². The average Bonchev–Trinajstić information content (AvgIpc) is 3.01. The van der Waals surface area contributed by atoms with E-state index in [0.29, 0.717) is 32.0 Å². The SMILES string of the molecule is O=C1Nc2ccccc2C1C=Nc1ccc(N2CCOCC2)c(C(F)(F)F)c1. The maximum absolute atomic E-state index is 13.6. The second-order valence-corrected chi connectivity index (χ2v) is 6.63. The molecule has 0 aromatic heterocycles. The highest BCUT2D eigenvalue weighted by Crippen LogP contribution is 2.39. The number of aliphatic imine (C=N–C) groups is 1. The minimum atomic E-state index is -4.50. The Kier molecular flexibility index (Phi) is 4.80. The van der Waals surface area contributed by atoms with Gasteiger partial charge in [0, 0.05) is 30.7 Å². The van der Waals surface area contributed by atoms with Gasteiger partial charge < -0.3 is 15.0 Å². The lowest BCUT2D eigenvalue weighted by Crippen LogP contribution is -2.37. The van der Waals surface area contributed by atoms with Crippen molar-refractivity contribution in [1.29, 1.82) is 0 Å². The van der Waals surface area contributed by atoms with Gasteiger partial charge in [-0.05, 0) is 29.8 Å². The van der Waals surface area contributed by atoms with Crippen molar-refractivity contribution in [3.05, 3.63) is 53.6 Å². The van der Waals surface area contributed by atoms with Gasteiger partial charge in [-0.2, -0.15) is 13.2 Å². The van der Waals surface area contributed by atoms with Crippen LogP contribution in [0.1, 0.15) is 17.0 Å². The van der Waals surface area contributed by atoms with Crippen LogP contribution in [0.3, 0.4) is 0 Å². The second kappa shape index (κ2) is 7.27. The maximum atomic E-state index is 13.6. The summed E-state index contributed by atoms with van der Waals surface area (Å²) in [4.78, 5) is 18.0. The molecule has 1 unspecified atom stereocenters. The van der Waals surface area contributed by atoms with E-state index < -0.39 is 17.7 Å². The number of carbonyl (C=O) groups excluding carboxylic acids is 1. The Morgan fingerprint density at radius 3 is 2.64 bits per heavy atom. The molecule has 2 aromatic carbocycles. The summed E-state index contributed by atoms with van der Waals surface area (Å²) in [7, 11) is 0. The fourth-order valence-corrected chi connectivity index (χ4v) is 3.45. The number of hydrogen-bond donors (Lipinski definition) is 1. The number of nitrogens with zero attached hydrogens (tertiary/aromatic N) is 2. The van der Waals surface area contributed by atoms with Crippen LogP contribution >= 0.6 is 0 Å². The maximum Gasteiger partial charge on any atom is 0.418 e. The van der Waals surface area contributed by atoms with Gasteiger partial charge in [0.2, 0.25) is 5.91 Å². The summed E-state index contributed by atoms with van der Waals surface area (Å²) in [6.07, 6.45) is -3.11. The Labute approximate surface area is 159 Å². The number of para-hydroxylation sites is 1. The predicted molar refractivity (Wildman–Crippen MR) is 100 cm³/mol. The highest BCUT2D eigenvalue weighted by Gasteiger charge is 2.35. The normalized spacial score (nSPS) is 19.8. The van der Waals surface area contributed by atoms with Crippen molar-refractivity contribution in [1.82, 2.24) is 0 Å². The first-order chi connectivity index (χ1) is 13.4. The van der Waals surface area contributed by atoms with Gasteiger partial charge in [-0.1, -0.05) is 18.2 Å². The topological polar surface area (TPSA) is 53.9 Å². The highest BCUT2D eigenvalue weighted by molar-refractivity contribution is 6.12. The van der Waals surface area contributed by atoms with Crippen molar-refractivity contribution in [2.45, 2.75) is 12.1 Å². The van der Waals surface area contributed by atoms with Crippen molar-refractivity contribution in [3.8, 4) is 0 Å². The third-order valence-electron chi connectivity index (χ3n) is 4.85. The van der Waals surface area contributed by atoms with Crippen molar-refractivity contribution in [2.24, 2.45) is 4.99 Å². The number of hydrogen-bond acceptors (Lipinski definition) is 4. The largest absolute Gasteiger partial charge is 0.418 e. The Bertz CT molecular complexity index is 921. The number of benzene rings is 2. The van der Waals surface area contributed by atoms with Gasteiger partial charge in [-0.15, -0.1) is 0 Å². The molecule has 0 radical (unpaired) electrons. The fraction of sp³-hybridized carbons (Fsp3) is 0.300. The molecule has 2 aromatic rings. The molecular weight excluding hydrogens is 371 g/mol. The van der Waals surface area contributed by atoms with Gasteiger partial charge in [-0.25, -0.2) is 0 Å². The fourth-order valence-electron chi connectivity index (χ4n) is 3.45. The molecule has 5 nitrogen and oxygen atoms in total. The number of morpholine rings is 1. The van der Waals surface area contributed by atoms with E-state index in [1.54, 1.807) is 29.2 Å². The summed E-state index contributed by atoms with van der Waals surface area (Å²) in [5.41, 5.74) is 1.00. The van der Waals surface area contributed by atoms with Gasteiger partial charge in [0.25, 0.3) is 0 Å². The number of halogens is 3. The zero-order chi connectivity index (χ0) is 19.7. The Morgan fingerprint density at radius 2 is 1.89 bits per heavy atom. The molecule has 1 N–H and O–H groups in total. The zero-order valence-corrected chi connectivity index (χ0v) is 14.9. The number of rotatable bonds is 3.